The van der Waals surface area contributed by atoms with Crippen molar-refractivity contribution in [3.8, 4) is 5.75 Å². The van der Waals surface area contributed by atoms with E-state index in [1.807, 2.05) is 42.5 Å². The van der Waals surface area contributed by atoms with Crippen LogP contribution in [0.4, 0.5) is 0 Å². The third-order valence-electron chi connectivity index (χ3n) is 3.83. The van der Waals surface area contributed by atoms with Crippen LogP contribution >= 0.6 is 0 Å². The number of hydrogen-bond acceptors (Lipinski definition) is 2. The lowest BCUT2D eigenvalue weighted by Crippen LogP contribution is -2.12. The van der Waals surface area contributed by atoms with Crippen molar-refractivity contribution < 1.29 is 9.53 Å². The van der Waals surface area contributed by atoms with E-state index in [0.717, 1.165) is 29.7 Å². The summed E-state index contributed by atoms with van der Waals surface area (Å²) in [6.45, 7) is 2.60. The van der Waals surface area contributed by atoms with E-state index < -0.39 is 0 Å². The molecule has 0 saturated heterocycles. The van der Waals surface area contributed by atoms with Crippen LogP contribution in [0, 0.1) is 6.92 Å². The molecule has 0 heterocycles. The first-order valence-electron chi connectivity index (χ1n) is 7.07. The van der Waals surface area contributed by atoms with Gasteiger partial charge in [0, 0.05) is 12.0 Å². The van der Waals surface area contributed by atoms with Gasteiger partial charge in [0.25, 0.3) is 0 Å². The second-order valence-corrected chi connectivity index (χ2v) is 5.32. The SMILES string of the molecule is Cc1cc(OCc2ccccc2)cc2c1CCCC2=O. The maximum atomic E-state index is 12.0. The van der Waals surface area contributed by atoms with E-state index in [1.165, 1.54) is 11.1 Å². The first-order valence-corrected chi connectivity index (χ1v) is 7.07. The number of Topliss-reactive ketones (excluding diaryl/α,β-unsaturated/α-hetero) is 1. The van der Waals surface area contributed by atoms with Crippen LogP contribution in [0.5, 0.6) is 5.75 Å². The van der Waals surface area contributed by atoms with E-state index in [1.54, 1.807) is 0 Å². The van der Waals surface area contributed by atoms with Gasteiger partial charge in [-0.15, -0.1) is 0 Å². The molecule has 3 rings (SSSR count). The van der Waals surface area contributed by atoms with Crippen LogP contribution in [0.2, 0.25) is 0 Å². The van der Waals surface area contributed by atoms with Gasteiger partial charge in [-0.05, 0) is 48.6 Å². The van der Waals surface area contributed by atoms with Gasteiger partial charge in [-0.3, -0.25) is 4.79 Å². The average molecular weight is 266 g/mol. The first kappa shape index (κ1) is 12.9. The standard InChI is InChI=1S/C18H18O2/c1-13-10-15(20-12-14-6-3-2-4-7-14)11-17-16(13)8-5-9-18(17)19/h2-4,6-7,10-11H,5,8-9,12H2,1H3. The van der Waals surface area contributed by atoms with Crippen molar-refractivity contribution in [1.82, 2.24) is 0 Å². The van der Waals surface area contributed by atoms with Gasteiger partial charge in [0.05, 0.1) is 0 Å². The van der Waals surface area contributed by atoms with Crippen LogP contribution in [0.15, 0.2) is 42.5 Å². The minimum atomic E-state index is 0.250. The molecule has 20 heavy (non-hydrogen) atoms. The monoisotopic (exact) mass is 266 g/mol. The van der Waals surface area contributed by atoms with Gasteiger partial charge in [-0.1, -0.05) is 30.3 Å². The fraction of sp³-hybridized carbons (Fsp3) is 0.278. The zero-order valence-electron chi connectivity index (χ0n) is 11.7. The normalized spacial score (nSPS) is 13.9. The minimum Gasteiger partial charge on any atom is -0.489 e. The Bertz CT molecular complexity index is 629. The maximum Gasteiger partial charge on any atom is 0.163 e. The number of aryl methyl sites for hydroxylation is 1. The van der Waals surface area contributed by atoms with Crippen molar-refractivity contribution >= 4 is 5.78 Å². The van der Waals surface area contributed by atoms with E-state index in [9.17, 15) is 4.79 Å². The van der Waals surface area contributed by atoms with Crippen molar-refractivity contribution in [2.75, 3.05) is 0 Å². The van der Waals surface area contributed by atoms with Gasteiger partial charge >= 0.3 is 0 Å². The fourth-order valence-corrected chi connectivity index (χ4v) is 2.75. The second-order valence-electron chi connectivity index (χ2n) is 5.32. The van der Waals surface area contributed by atoms with Crippen molar-refractivity contribution in [2.45, 2.75) is 32.8 Å². The molecule has 1 aliphatic carbocycles. The Morgan fingerprint density at radius 2 is 1.90 bits per heavy atom. The lowest BCUT2D eigenvalue weighted by Gasteiger charge is -2.18. The zero-order chi connectivity index (χ0) is 13.9. The summed E-state index contributed by atoms with van der Waals surface area (Å²) in [7, 11) is 0. The summed E-state index contributed by atoms with van der Waals surface area (Å²) in [6.07, 6.45) is 2.64. The van der Waals surface area contributed by atoms with E-state index >= 15 is 0 Å². The molecule has 102 valence electrons. The van der Waals surface area contributed by atoms with Gasteiger partial charge in [-0.25, -0.2) is 0 Å². The maximum absolute atomic E-state index is 12.0. The van der Waals surface area contributed by atoms with E-state index in [2.05, 4.69) is 6.92 Å². The lowest BCUT2D eigenvalue weighted by molar-refractivity contribution is 0.0971. The molecule has 0 atom stereocenters. The molecule has 2 aromatic rings. The first-order chi connectivity index (χ1) is 9.74. The zero-order valence-corrected chi connectivity index (χ0v) is 11.7. The number of hydrogen-bond donors (Lipinski definition) is 0. The summed E-state index contributed by atoms with van der Waals surface area (Å²) < 4.78 is 5.84. The Balaban J connectivity index is 1.82. The molecule has 0 amide bonds. The molecule has 0 aliphatic heterocycles. The van der Waals surface area contributed by atoms with Crippen LogP contribution in [-0.4, -0.2) is 5.78 Å². The smallest absolute Gasteiger partial charge is 0.163 e. The Hall–Kier alpha value is -2.09. The third-order valence-corrected chi connectivity index (χ3v) is 3.83. The van der Waals surface area contributed by atoms with Crippen molar-refractivity contribution in [1.29, 1.82) is 0 Å². The molecular formula is C18H18O2. The number of rotatable bonds is 3. The van der Waals surface area contributed by atoms with Crippen molar-refractivity contribution in [2.24, 2.45) is 0 Å². The molecule has 0 unspecified atom stereocenters. The molecule has 1 aliphatic rings. The van der Waals surface area contributed by atoms with E-state index in [0.29, 0.717) is 13.0 Å². The van der Waals surface area contributed by atoms with Crippen LogP contribution in [0.3, 0.4) is 0 Å². The molecule has 2 nitrogen and oxygen atoms in total. The van der Waals surface area contributed by atoms with E-state index in [4.69, 9.17) is 4.74 Å². The predicted molar refractivity (Wildman–Crippen MR) is 79.2 cm³/mol. The van der Waals surface area contributed by atoms with Crippen LogP contribution in [0.1, 0.15) is 39.9 Å². The number of carbonyl (C=O) groups excluding carboxylic acids is 1. The predicted octanol–water partition coefficient (Wildman–Crippen LogP) is 4.09. The van der Waals surface area contributed by atoms with Crippen LogP contribution in [0.25, 0.3) is 0 Å². The van der Waals surface area contributed by atoms with Crippen LogP contribution in [-0.2, 0) is 13.0 Å². The van der Waals surface area contributed by atoms with Gasteiger partial charge in [0.2, 0.25) is 0 Å². The number of benzene rings is 2. The Labute approximate surface area is 119 Å². The molecule has 2 aromatic carbocycles. The Morgan fingerprint density at radius 3 is 2.70 bits per heavy atom. The molecule has 0 spiro atoms. The largest absolute Gasteiger partial charge is 0.489 e. The number of ketones is 1. The molecule has 2 heteroatoms. The van der Waals surface area contributed by atoms with Gasteiger partial charge in [-0.2, -0.15) is 0 Å². The highest BCUT2D eigenvalue weighted by Crippen LogP contribution is 2.29. The topological polar surface area (TPSA) is 26.3 Å². The summed E-state index contributed by atoms with van der Waals surface area (Å²) in [5.74, 6) is 1.04. The average Bonchev–Trinajstić information content (AvgIpc) is 2.47. The number of carbonyl (C=O) groups is 1. The number of ether oxygens (including phenoxy) is 1. The van der Waals surface area contributed by atoms with Gasteiger partial charge in [0.15, 0.2) is 5.78 Å². The van der Waals surface area contributed by atoms with Crippen molar-refractivity contribution in [3.63, 3.8) is 0 Å². The Morgan fingerprint density at radius 1 is 1.10 bits per heavy atom. The summed E-state index contributed by atoms with van der Waals surface area (Å²) in [5.41, 5.74) is 4.36. The summed E-state index contributed by atoms with van der Waals surface area (Å²) >= 11 is 0. The third kappa shape index (κ3) is 2.60. The minimum absolute atomic E-state index is 0.250. The Kier molecular flexibility index (Phi) is 3.55. The molecule has 0 saturated carbocycles. The summed E-state index contributed by atoms with van der Waals surface area (Å²) in [6, 6.07) is 14.0. The van der Waals surface area contributed by atoms with E-state index in [-0.39, 0.29) is 5.78 Å². The van der Waals surface area contributed by atoms with Crippen molar-refractivity contribution in [3.05, 3.63) is 64.7 Å². The second kappa shape index (κ2) is 5.49. The molecule has 0 N–H and O–H groups in total. The quantitative estimate of drug-likeness (QED) is 0.836. The summed E-state index contributed by atoms with van der Waals surface area (Å²) in [4.78, 5) is 12.0. The van der Waals surface area contributed by atoms with Gasteiger partial charge < -0.3 is 4.74 Å². The molecule has 0 bridgehead atoms. The highest BCUT2D eigenvalue weighted by Gasteiger charge is 2.19. The molecule has 0 radical (unpaired) electrons. The highest BCUT2D eigenvalue weighted by atomic mass is 16.5. The lowest BCUT2D eigenvalue weighted by atomic mass is 9.87. The fourth-order valence-electron chi connectivity index (χ4n) is 2.75. The van der Waals surface area contributed by atoms with Gasteiger partial charge in [0.1, 0.15) is 12.4 Å². The highest BCUT2D eigenvalue weighted by molar-refractivity contribution is 5.99. The number of fused-ring (bicyclic) bond motifs is 1. The molecular weight excluding hydrogens is 248 g/mol. The molecule has 0 fully saturated rings. The van der Waals surface area contributed by atoms with Crippen LogP contribution < -0.4 is 4.74 Å². The summed E-state index contributed by atoms with van der Waals surface area (Å²) in [5, 5.41) is 0. The molecule has 0 aromatic heterocycles.